The Morgan fingerprint density at radius 2 is 0.935 bits per heavy atom. The second-order valence-corrected chi connectivity index (χ2v) is 15.9. The molecule has 0 aliphatic heterocycles. The van der Waals surface area contributed by atoms with E-state index in [1.807, 2.05) is 30.3 Å². The topological polar surface area (TPSA) is 56.7 Å². The van der Waals surface area contributed by atoms with Crippen LogP contribution in [0.2, 0.25) is 0 Å². The van der Waals surface area contributed by atoms with E-state index in [2.05, 4.69) is 180 Å². The SMILES string of the molecule is c1ccc(-c2nc(-c3cc4ccccc4c4ccccc34)nc(-c3cccc4oc5cc(-n6c7ccccc7c7cc8ccccc8cc76)c(-c6ccccc6)cc5c34)n2)cc1. The first kappa shape index (κ1) is 34.5. The molecule has 0 N–H and O–H groups in total. The van der Waals surface area contributed by atoms with Crippen LogP contribution in [0.1, 0.15) is 0 Å². The summed E-state index contributed by atoms with van der Waals surface area (Å²) in [5, 5.41) is 11.4. The van der Waals surface area contributed by atoms with Gasteiger partial charge < -0.3 is 8.98 Å². The summed E-state index contributed by atoms with van der Waals surface area (Å²) in [7, 11) is 0. The summed E-state index contributed by atoms with van der Waals surface area (Å²) in [5.41, 5.74) is 9.83. The van der Waals surface area contributed by atoms with E-state index in [1.54, 1.807) is 0 Å². The lowest BCUT2D eigenvalue weighted by atomic mass is 9.96. The monoisotopic (exact) mass is 790 g/mol. The Bertz CT molecular complexity index is 3920. The average Bonchev–Trinajstić information content (AvgIpc) is 3.87. The number of furan rings is 1. The Hall–Kier alpha value is -8.41. The highest BCUT2D eigenvalue weighted by Gasteiger charge is 2.23. The molecule has 62 heavy (non-hydrogen) atoms. The highest BCUT2D eigenvalue weighted by atomic mass is 16.3. The molecule has 5 heteroatoms. The van der Waals surface area contributed by atoms with Crippen molar-refractivity contribution in [2.24, 2.45) is 0 Å². The molecule has 13 aromatic rings. The summed E-state index contributed by atoms with van der Waals surface area (Å²) in [5.74, 6) is 1.81. The summed E-state index contributed by atoms with van der Waals surface area (Å²) < 4.78 is 9.30. The number of fused-ring (bicyclic) bond motifs is 10. The maximum Gasteiger partial charge on any atom is 0.164 e. The van der Waals surface area contributed by atoms with Crippen LogP contribution in [0.4, 0.5) is 0 Å². The van der Waals surface area contributed by atoms with Crippen molar-refractivity contribution in [2.75, 3.05) is 0 Å². The minimum Gasteiger partial charge on any atom is -0.456 e. The lowest BCUT2D eigenvalue weighted by Crippen LogP contribution is -2.01. The third kappa shape index (κ3) is 5.32. The van der Waals surface area contributed by atoms with Crippen molar-refractivity contribution >= 4 is 76.1 Å². The fourth-order valence-corrected chi connectivity index (χ4v) is 9.57. The van der Waals surface area contributed by atoms with E-state index in [4.69, 9.17) is 19.4 Å². The third-order valence-electron chi connectivity index (χ3n) is 12.4. The molecule has 0 fully saturated rings. The van der Waals surface area contributed by atoms with Gasteiger partial charge in [0.2, 0.25) is 0 Å². The second-order valence-electron chi connectivity index (χ2n) is 15.9. The number of aromatic nitrogens is 4. The van der Waals surface area contributed by atoms with Crippen LogP contribution < -0.4 is 0 Å². The lowest BCUT2D eigenvalue weighted by Gasteiger charge is -2.15. The Kier molecular flexibility index (Phi) is 7.54. The molecule has 3 heterocycles. The van der Waals surface area contributed by atoms with Crippen LogP contribution >= 0.6 is 0 Å². The maximum atomic E-state index is 6.89. The fourth-order valence-electron chi connectivity index (χ4n) is 9.57. The van der Waals surface area contributed by atoms with Crippen LogP contribution in [-0.2, 0) is 0 Å². The van der Waals surface area contributed by atoms with Crippen molar-refractivity contribution in [3.8, 4) is 51.0 Å². The van der Waals surface area contributed by atoms with Crippen LogP contribution in [0.15, 0.2) is 211 Å². The largest absolute Gasteiger partial charge is 0.456 e. The van der Waals surface area contributed by atoms with E-state index < -0.39 is 0 Å². The molecule has 5 nitrogen and oxygen atoms in total. The molecule has 0 spiro atoms. The van der Waals surface area contributed by atoms with E-state index in [0.29, 0.717) is 17.5 Å². The fraction of sp³-hybridized carbons (Fsp3) is 0. The maximum absolute atomic E-state index is 6.89. The molecule has 0 amide bonds. The minimum atomic E-state index is 0.582. The van der Waals surface area contributed by atoms with Gasteiger partial charge >= 0.3 is 0 Å². The van der Waals surface area contributed by atoms with Gasteiger partial charge in [0.25, 0.3) is 0 Å². The molecule has 0 saturated heterocycles. The Balaban J connectivity index is 1.09. The zero-order valence-corrected chi connectivity index (χ0v) is 33.3. The highest BCUT2D eigenvalue weighted by Crippen LogP contribution is 2.44. The van der Waals surface area contributed by atoms with Crippen LogP contribution in [0, 0.1) is 0 Å². The molecule has 0 bridgehead atoms. The van der Waals surface area contributed by atoms with Gasteiger partial charge in [0, 0.05) is 49.9 Å². The van der Waals surface area contributed by atoms with Crippen molar-refractivity contribution in [3.63, 3.8) is 0 Å². The molecular formula is C57H34N4O. The summed E-state index contributed by atoms with van der Waals surface area (Å²) in [6, 6.07) is 72.7. The van der Waals surface area contributed by atoms with Gasteiger partial charge in [-0.1, -0.05) is 164 Å². The number of hydrogen-bond donors (Lipinski definition) is 0. The normalized spacial score (nSPS) is 11.9. The summed E-state index contributed by atoms with van der Waals surface area (Å²) in [6.45, 7) is 0. The van der Waals surface area contributed by atoms with Gasteiger partial charge in [-0.25, -0.2) is 15.0 Å². The molecule has 3 aromatic heterocycles. The second kappa shape index (κ2) is 13.6. The van der Waals surface area contributed by atoms with Gasteiger partial charge in [-0.15, -0.1) is 0 Å². The molecule has 288 valence electrons. The van der Waals surface area contributed by atoms with Gasteiger partial charge in [-0.2, -0.15) is 0 Å². The van der Waals surface area contributed by atoms with Crippen molar-refractivity contribution < 1.29 is 4.42 Å². The number of nitrogens with zero attached hydrogens (tertiary/aromatic N) is 4. The molecule has 0 aliphatic rings. The van der Waals surface area contributed by atoms with E-state index in [-0.39, 0.29) is 0 Å². The Morgan fingerprint density at radius 3 is 1.73 bits per heavy atom. The molecule has 0 unspecified atom stereocenters. The number of benzene rings is 10. The first-order chi connectivity index (χ1) is 30.7. The van der Waals surface area contributed by atoms with E-state index in [0.717, 1.165) is 82.6 Å². The van der Waals surface area contributed by atoms with Gasteiger partial charge in [-0.3, -0.25) is 0 Å². The van der Waals surface area contributed by atoms with Gasteiger partial charge in [0.1, 0.15) is 11.2 Å². The van der Waals surface area contributed by atoms with Gasteiger partial charge in [0.15, 0.2) is 17.5 Å². The van der Waals surface area contributed by atoms with Gasteiger partial charge in [0.05, 0.1) is 16.7 Å². The average molecular weight is 791 g/mol. The third-order valence-corrected chi connectivity index (χ3v) is 12.4. The molecular weight excluding hydrogens is 757 g/mol. The first-order valence-electron chi connectivity index (χ1n) is 20.9. The molecule has 10 aromatic carbocycles. The van der Waals surface area contributed by atoms with Crippen molar-refractivity contribution in [1.29, 1.82) is 0 Å². The van der Waals surface area contributed by atoms with Gasteiger partial charge in [-0.05, 0) is 74.3 Å². The van der Waals surface area contributed by atoms with Crippen LogP contribution in [-0.4, -0.2) is 19.5 Å². The van der Waals surface area contributed by atoms with Crippen LogP contribution in [0.3, 0.4) is 0 Å². The Morgan fingerprint density at radius 1 is 0.323 bits per heavy atom. The predicted octanol–water partition coefficient (Wildman–Crippen LogP) is 15.0. The van der Waals surface area contributed by atoms with E-state index >= 15 is 0 Å². The minimum absolute atomic E-state index is 0.582. The number of para-hydroxylation sites is 1. The smallest absolute Gasteiger partial charge is 0.164 e. The number of hydrogen-bond acceptors (Lipinski definition) is 4. The van der Waals surface area contributed by atoms with Crippen LogP contribution in [0.5, 0.6) is 0 Å². The summed E-state index contributed by atoms with van der Waals surface area (Å²) in [4.78, 5) is 15.8. The van der Waals surface area contributed by atoms with Crippen molar-refractivity contribution in [3.05, 3.63) is 206 Å². The molecule has 0 saturated carbocycles. The van der Waals surface area contributed by atoms with E-state index in [9.17, 15) is 0 Å². The molecule has 13 rings (SSSR count). The Labute approximate surface area is 355 Å². The van der Waals surface area contributed by atoms with Crippen molar-refractivity contribution in [2.45, 2.75) is 0 Å². The highest BCUT2D eigenvalue weighted by molar-refractivity contribution is 6.17. The standard InChI is InChI=1S/C57H34N4O/c1-3-16-35(17-4-1)45-33-48-53(34-51(45)61-49-28-14-13-26-43(49)46-30-37-20-7-8-21-38(37)32-50(46)61)62-52-29-15-27-44(54(48)52)56-58-55(36-18-5-2-6-19-36)59-57(60-56)47-31-39-22-9-10-23-40(39)41-24-11-12-25-42(41)47/h1-34H. The molecule has 0 aliphatic carbocycles. The quantitative estimate of drug-likeness (QED) is 0.163. The van der Waals surface area contributed by atoms with Crippen LogP contribution in [0.25, 0.3) is 127 Å². The summed E-state index contributed by atoms with van der Waals surface area (Å²) >= 11 is 0. The summed E-state index contributed by atoms with van der Waals surface area (Å²) in [6.07, 6.45) is 0. The molecule has 0 radical (unpaired) electrons. The van der Waals surface area contributed by atoms with E-state index in [1.165, 1.54) is 26.9 Å². The zero-order valence-electron chi connectivity index (χ0n) is 33.3. The predicted molar refractivity (Wildman–Crippen MR) is 256 cm³/mol. The first-order valence-corrected chi connectivity index (χ1v) is 20.9. The number of rotatable bonds is 5. The zero-order chi connectivity index (χ0) is 40.7. The molecule has 0 atom stereocenters. The lowest BCUT2D eigenvalue weighted by molar-refractivity contribution is 0.668. The van der Waals surface area contributed by atoms with Crippen molar-refractivity contribution in [1.82, 2.24) is 19.5 Å².